The Kier molecular flexibility index (Phi) is 7.18. The van der Waals surface area contributed by atoms with Gasteiger partial charge in [0.2, 0.25) is 5.91 Å². The van der Waals surface area contributed by atoms with E-state index in [1.807, 2.05) is 0 Å². The number of sulfone groups is 1. The third-order valence-electron chi connectivity index (χ3n) is 5.33. The van der Waals surface area contributed by atoms with E-state index in [4.69, 9.17) is 16.3 Å². The lowest BCUT2D eigenvalue weighted by Gasteiger charge is -2.27. The Balaban J connectivity index is 1.80. The molecular weight excluding hydrogens is 438 g/mol. The van der Waals surface area contributed by atoms with Gasteiger partial charge in [0, 0.05) is 16.8 Å². The summed E-state index contributed by atoms with van der Waals surface area (Å²) in [6.45, 7) is 2.03. The molecule has 2 aromatic rings. The summed E-state index contributed by atoms with van der Waals surface area (Å²) in [5, 5.41) is 3.20. The van der Waals surface area contributed by atoms with E-state index in [2.05, 4.69) is 5.32 Å². The molecule has 2 aromatic carbocycles. The van der Waals surface area contributed by atoms with Gasteiger partial charge in [0.1, 0.15) is 0 Å². The van der Waals surface area contributed by atoms with Crippen LogP contribution in [0.1, 0.15) is 38.2 Å². The van der Waals surface area contributed by atoms with E-state index in [0.717, 1.165) is 5.56 Å². The quantitative estimate of drug-likeness (QED) is 0.479. The third-order valence-corrected chi connectivity index (χ3v) is 8.10. The average Bonchev–Trinajstić information content (AvgIpc) is 3.26. The van der Waals surface area contributed by atoms with Crippen molar-refractivity contribution in [1.29, 1.82) is 0 Å². The van der Waals surface area contributed by atoms with E-state index >= 15 is 0 Å². The first-order valence-corrected chi connectivity index (χ1v) is 11.9. The standard InChI is InChI=1S/C23H24ClNO5S/c1-2-30-21(26)14-7-17-5-10-19(11-6-17)25-22(27)23(15-3-4-16-23)31(28,29)20-12-8-18(24)9-13-20/h5-14H,2-4,15-16H2,1H3,(H,25,27). The Hall–Kier alpha value is -2.64. The number of esters is 1. The molecule has 1 aliphatic rings. The van der Waals surface area contributed by atoms with Crippen LogP contribution < -0.4 is 5.32 Å². The zero-order valence-electron chi connectivity index (χ0n) is 17.1. The molecule has 1 fully saturated rings. The lowest BCUT2D eigenvalue weighted by molar-refractivity contribution is -0.137. The summed E-state index contributed by atoms with van der Waals surface area (Å²) in [4.78, 5) is 24.7. The molecular formula is C23H24ClNO5S. The van der Waals surface area contributed by atoms with Crippen molar-refractivity contribution >= 4 is 45.1 Å². The van der Waals surface area contributed by atoms with Crippen molar-refractivity contribution in [3.05, 3.63) is 65.2 Å². The fourth-order valence-electron chi connectivity index (χ4n) is 3.68. The molecule has 1 amide bonds. The molecule has 0 unspecified atom stereocenters. The number of anilines is 1. The fourth-order valence-corrected chi connectivity index (χ4v) is 5.87. The maximum Gasteiger partial charge on any atom is 0.330 e. The van der Waals surface area contributed by atoms with Gasteiger partial charge >= 0.3 is 5.97 Å². The number of amides is 1. The van der Waals surface area contributed by atoms with Gasteiger partial charge < -0.3 is 10.1 Å². The summed E-state index contributed by atoms with van der Waals surface area (Å²) in [6, 6.07) is 12.7. The van der Waals surface area contributed by atoms with Gasteiger partial charge in [0.05, 0.1) is 11.5 Å². The molecule has 1 aliphatic carbocycles. The van der Waals surface area contributed by atoms with Gasteiger partial charge in [0.25, 0.3) is 0 Å². The summed E-state index contributed by atoms with van der Waals surface area (Å²) in [6.07, 6.45) is 4.79. The number of hydrogen-bond donors (Lipinski definition) is 1. The second-order valence-electron chi connectivity index (χ2n) is 7.32. The molecule has 0 heterocycles. The number of hydrogen-bond acceptors (Lipinski definition) is 5. The summed E-state index contributed by atoms with van der Waals surface area (Å²) in [5.74, 6) is -0.967. The first kappa shape index (κ1) is 23.0. The smallest absolute Gasteiger partial charge is 0.330 e. The number of carbonyl (C=O) groups excluding carboxylic acids is 2. The van der Waals surface area contributed by atoms with Crippen molar-refractivity contribution < 1.29 is 22.7 Å². The summed E-state index contributed by atoms with van der Waals surface area (Å²) in [5.41, 5.74) is 1.23. The third kappa shape index (κ3) is 4.99. The van der Waals surface area contributed by atoms with Gasteiger partial charge in [-0.25, -0.2) is 13.2 Å². The molecule has 0 spiro atoms. The van der Waals surface area contributed by atoms with Gasteiger partial charge in [-0.15, -0.1) is 0 Å². The highest BCUT2D eigenvalue weighted by atomic mass is 35.5. The number of benzene rings is 2. The molecule has 1 N–H and O–H groups in total. The minimum Gasteiger partial charge on any atom is -0.463 e. The van der Waals surface area contributed by atoms with Crippen LogP contribution in [-0.4, -0.2) is 31.6 Å². The van der Waals surface area contributed by atoms with Crippen molar-refractivity contribution in [1.82, 2.24) is 0 Å². The van der Waals surface area contributed by atoms with E-state index in [-0.39, 0.29) is 17.7 Å². The molecule has 0 radical (unpaired) electrons. The minimum atomic E-state index is -3.90. The number of rotatable bonds is 7. The molecule has 3 rings (SSSR count). The lowest BCUT2D eigenvalue weighted by atomic mass is 10.1. The van der Waals surface area contributed by atoms with Crippen molar-refractivity contribution in [2.45, 2.75) is 42.2 Å². The predicted molar refractivity (Wildman–Crippen MR) is 121 cm³/mol. The highest BCUT2D eigenvalue weighted by molar-refractivity contribution is 7.93. The summed E-state index contributed by atoms with van der Waals surface area (Å²) in [7, 11) is -3.90. The maximum absolute atomic E-state index is 13.4. The molecule has 0 atom stereocenters. The Morgan fingerprint density at radius 2 is 1.68 bits per heavy atom. The van der Waals surface area contributed by atoms with Crippen LogP contribution in [0.5, 0.6) is 0 Å². The van der Waals surface area contributed by atoms with Crippen LogP contribution in [0.25, 0.3) is 6.08 Å². The SMILES string of the molecule is CCOC(=O)C=Cc1ccc(NC(=O)C2(S(=O)(=O)c3ccc(Cl)cc3)CCCC2)cc1. The minimum absolute atomic E-state index is 0.0911. The number of carbonyl (C=O) groups is 2. The Labute approximate surface area is 187 Å². The lowest BCUT2D eigenvalue weighted by Crippen LogP contribution is -2.47. The van der Waals surface area contributed by atoms with Gasteiger partial charge in [-0.1, -0.05) is 36.6 Å². The Morgan fingerprint density at radius 3 is 2.26 bits per heavy atom. The zero-order chi connectivity index (χ0) is 22.5. The van der Waals surface area contributed by atoms with E-state index in [9.17, 15) is 18.0 Å². The largest absolute Gasteiger partial charge is 0.463 e. The first-order chi connectivity index (χ1) is 14.8. The van der Waals surface area contributed by atoms with E-state index in [1.54, 1.807) is 37.3 Å². The molecule has 0 aromatic heterocycles. The predicted octanol–water partition coefficient (Wildman–Crippen LogP) is 4.64. The molecule has 0 aliphatic heterocycles. The zero-order valence-corrected chi connectivity index (χ0v) is 18.7. The Morgan fingerprint density at radius 1 is 1.06 bits per heavy atom. The highest BCUT2D eigenvalue weighted by Crippen LogP contribution is 2.41. The summed E-state index contributed by atoms with van der Waals surface area (Å²) < 4.78 is 30.1. The van der Waals surface area contributed by atoms with Crippen LogP contribution in [0.4, 0.5) is 5.69 Å². The van der Waals surface area contributed by atoms with E-state index in [0.29, 0.717) is 30.2 Å². The van der Waals surface area contributed by atoms with E-state index < -0.39 is 26.5 Å². The van der Waals surface area contributed by atoms with Crippen LogP contribution in [0.3, 0.4) is 0 Å². The number of nitrogens with one attached hydrogen (secondary N) is 1. The number of ether oxygens (including phenoxy) is 1. The highest BCUT2D eigenvalue weighted by Gasteiger charge is 2.52. The van der Waals surface area contributed by atoms with Gasteiger partial charge in [-0.2, -0.15) is 0 Å². The topological polar surface area (TPSA) is 89.5 Å². The van der Waals surface area contributed by atoms with Gasteiger partial charge in [-0.05, 0) is 67.8 Å². The molecule has 0 bridgehead atoms. The van der Waals surface area contributed by atoms with Crippen LogP contribution in [-0.2, 0) is 24.2 Å². The molecule has 8 heteroatoms. The first-order valence-electron chi connectivity index (χ1n) is 10.0. The van der Waals surface area contributed by atoms with Crippen molar-refractivity contribution in [2.24, 2.45) is 0 Å². The van der Waals surface area contributed by atoms with Crippen LogP contribution in [0.15, 0.2) is 59.5 Å². The van der Waals surface area contributed by atoms with Crippen LogP contribution in [0, 0.1) is 0 Å². The second kappa shape index (κ2) is 9.66. The molecule has 6 nitrogen and oxygen atoms in total. The summed E-state index contributed by atoms with van der Waals surface area (Å²) >= 11 is 5.89. The Bertz CT molecular complexity index is 1070. The second-order valence-corrected chi connectivity index (χ2v) is 10.0. The van der Waals surface area contributed by atoms with Gasteiger partial charge in [0.15, 0.2) is 14.6 Å². The van der Waals surface area contributed by atoms with Gasteiger partial charge in [-0.3, -0.25) is 4.79 Å². The van der Waals surface area contributed by atoms with Crippen molar-refractivity contribution in [3.63, 3.8) is 0 Å². The molecule has 164 valence electrons. The van der Waals surface area contributed by atoms with Crippen LogP contribution in [0.2, 0.25) is 5.02 Å². The monoisotopic (exact) mass is 461 g/mol. The average molecular weight is 462 g/mol. The fraction of sp³-hybridized carbons (Fsp3) is 0.304. The van der Waals surface area contributed by atoms with Crippen molar-refractivity contribution in [2.75, 3.05) is 11.9 Å². The number of halogens is 1. The van der Waals surface area contributed by atoms with Crippen molar-refractivity contribution in [3.8, 4) is 0 Å². The van der Waals surface area contributed by atoms with E-state index in [1.165, 1.54) is 30.3 Å². The normalized spacial score (nSPS) is 15.7. The molecule has 1 saturated carbocycles. The maximum atomic E-state index is 13.4. The molecule has 0 saturated heterocycles. The molecule has 31 heavy (non-hydrogen) atoms. The van der Waals surface area contributed by atoms with Crippen LogP contribution >= 0.6 is 11.6 Å².